The Kier molecular flexibility index (Phi) is 9.95. The molecule has 8 nitrogen and oxygen atoms in total. The first-order valence-corrected chi connectivity index (χ1v) is 16.0. The Hall–Kier alpha value is -3.94. The van der Waals surface area contributed by atoms with Gasteiger partial charge in [-0.2, -0.15) is 0 Å². The van der Waals surface area contributed by atoms with Crippen LogP contribution in [0.25, 0.3) is 10.9 Å². The quantitative estimate of drug-likeness (QED) is 0.0853. The molecule has 0 radical (unpaired) electrons. The number of carbonyl (C=O) groups is 2. The average Bonchev–Trinajstić information content (AvgIpc) is 2.92. The lowest BCUT2D eigenvalue weighted by atomic mass is 9.79. The van der Waals surface area contributed by atoms with Crippen LogP contribution < -0.4 is 0 Å². The summed E-state index contributed by atoms with van der Waals surface area (Å²) in [4.78, 5) is 39.1. The number of hydrogen-bond donors (Lipinski definition) is 1. The van der Waals surface area contributed by atoms with Gasteiger partial charge in [0.1, 0.15) is 11.6 Å². The van der Waals surface area contributed by atoms with Crippen LogP contribution in [0.1, 0.15) is 105 Å². The van der Waals surface area contributed by atoms with Gasteiger partial charge in [-0.15, -0.1) is 0 Å². The van der Waals surface area contributed by atoms with Gasteiger partial charge < -0.3 is 19.5 Å². The number of aromatic hydroxyl groups is 1. The third-order valence-electron chi connectivity index (χ3n) is 7.99. The summed E-state index contributed by atoms with van der Waals surface area (Å²) in [5, 5.41) is 12.4. The molecule has 0 aliphatic carbocycles. The van der Waals surface area contributed by atoms with Crippen LogP contribution >= 0.6 is 0 Å². The summed E-state index contributed by atoms with van der Waals surface area (Å²) in [5.41, 5.74) is 2.86. The van der Waals surface area contributed by atoms with Crippen LogP contribution in [0.5, 0.6) is 5.75 Å². The van der Waals surface area contributed by atoms with E-state index in [9.17, 15) is 14.7 Å². The highest BCUT2D eigenvalue weighted by Crippen LogP contribution is 2.42. The number of pyridine rings is 1. The highest BCUT2D eigenvalue weighted by atomic mass is 16.7. The first-order valence-electron chi connectivity index (χ1n) is 16.0. The second-order valence-electron chi connectivity index (χ2n) is 14.5. The number of benzene rings is 2. The van der Waals surface area contributed by atoms with Gasteiger partial charge in [0.15, 0.2) is 0 Å². The molecule has 1 aliphatic rings. The fraction of sp³-hybridized carbons (Fsp3) is 0.514. The molecule has 1 aliphatic heterocycles. The normalized spacial score (nSPS) is 16.1. The molecule has 1 fully saturated rings. The molecule has 0 bridgehead atoms. The number of aliphatic imine (C=N–C) groups is 1. The number of para-hydroxylation sites is 1. The Balaban J connectivity index is 1.92. The van der Waals surface area contributed by atoms with Crippen molar-refractivity contribution in [1.82, 2.24) is 9.88 Å². The lowest BCUT2D eigenvalue weighted by molar-refractivity contribution is -0.236. The van der Waals surface area contributed by atoms with E-state index in [-0.39, 0.29) is 11.6 Å². The van der Waals surface area contributed by atoms with E-state index in [0.717, 1.165) is 53.4 Å². The molecule has 2 aromatic carbocycles. The van der Waals surface area contributed by atoms with Gasteiger partial charge in [0.25, 0.3) is 5.79 Å². The highest BCUT2D eigenvalue weighted by molar-refractivity contribution is 6.17. The number of carbonyl (C=O) groups excluding carboxylic acids is 2. The number of nitrogens with zero attached hydrogens (tertiary/aromatic N) is 3. The summed E-state index contributed by atoms with van der Waals surface area (Å²) in [7, 11) is 0. The Morgan fingerprint density at radius 3 is 2.09 bits per heavy atom. The largest absolute Gasteiger partial charge is 0.507 e. The van der Waals surface area contributed by atoms with Gasteiger partial charge in [0.2, 0.25) is 5.92 Å². The Morgan fingerprint density at radius 2 is 1.51 bits per heavy atom. The molecule has 0 atom stereocenters. The number of hydrogen-bond acceptors (Lipinski definition) is 7. The fourth-order valence-electron chi connectivity index (χ4n) is 5.60. The summed E-state index contributed by atoms with van der Waals surface area (Å²) < 4.78 is 11.2. The van der Waals surface area contributed by atoms with Crippen LogP contribution in [-0.2, 0) is 36.4 Å². The Labute approximate surface area is 267 Å². The first kappa shape index (κ1) is 33.9. The summed E-state index contributed by atoms with van der Waals surface area (Å²) in [5.74, 6) is -3.69. The second-order valence-corrected chi connectivity index (χ2v) is 14.5. The number of fused-ring (bicyclic) bond motifs is 1. The zero-order valence-electron chi connectivity index (χ0n) is 28.4. The van der Waals surface area contributed by atoms with E-state index in [0.29, 0.717) is 18.8 Å². The molecular weight excluding hydrogens is 566 g/mol. The van der Waals surface area contributed by atoms with Crippen molar-refractivity contribution in [3.63, 3.8) is 0 Å². The minimum Gasteiger partial charge on any atom is -0.507 e. The van der Waals surface area contributed by atoms with E-state index in [4.69, 9.17) is 19.5 Å². The summed E-state index contributed by atoms with van der Waals surface area (Å²) in [6.07, 6.45) is 3.96. The molecule has 1 saturated heterocycles. The molecule has 8 heteroatoms. The van der Waals surface area contributed by atoms with Crippen molar-refractivity contribution < 1.29 is 24.2 Å². The van der Waals surface area contributed by atoms with Crippen molar-refractivity contribution >= 4 is 34.4 Å². The van der Waals surface area contributed by atoms with Gasteiger partial charge in [-0.05, 0) is 41.5 Å². The molecule has 45 heavy (non-hydrogen) atoms. The minimum atomic E-state index is -1.38. The van der Waals surface area contributed by atoms with Gasteiger partial charge in [0.05, 0.1) is 23.4 Å². The molecule has 3 aromatic rings. The van der Waals surface area contributed by atoms with E-state index in [1.807, 2.05) is 95.0 Å². The number of esters is 2. The monoisotopic (exact) mass is 615 g/mol. The number of rotatable bonds is 9. The molecular formula is C37H49N3O5. The molecule has 0 unspecified atom stereocenters. The third kappa shape index (κ3) is 8.21. The van der Waals surface area contributed by atoms with E-state index in [1.165, 1.54) is 0 Å². The Bertz CT molecular complexity index is 1520. The maximum Gasteiger partial charge on any atom is 0.331 e. The number of aromatic nitrogens is 1. The van der Waals surface area contributed by atoms with Crippen LogP contribution in [0.15, 0.2) is 53.5 Å². The standard InChI is InChI=1S/C37H49N3O5/c1-10-11-12-15-20-40(23-25-19-18-24-16-13-14-17-29(24)38-25)32(30-33(42)44-37(8,9)45-34(30)43)39-26-21-27(35(2,3)4)31(41)28(22-26)36(5,6)7/h13-14,16-19,21-22,30,41H,10-12,15,20,23H2,1-9H3. The lowest BCUT2D eigenvalue weighted by Crippen LogP contribution is -2.52. The molecule has 1 N–H and O–H groups in total. The van der Waals surface area contributed by atoms with Crippen molar-refractivity contribution in [3.05, 3.63) is 65.4 Å². The smallest absolute Gasteiger partial charge is 0.331 e. The van der Waals surface area contributed by atoms with Crippen LogP contribution in [0.4, 0.5) is 5.69 Å². The SMILES string of the molecule is CCCCCCN(Cc1ccc2ccccc2n1)C(=Nc1cc(C(C)(C)C)c(O)c(C(C)(C)C)c1)C1C(=O)OC(C)(C)OC1=O. The second kappa shape index (κ2) is 13.2. The van der Waals surface area contributed by atoms with Crippen molar-refractivity contribution in [1.29, 1.82) is 0 Å². The van der Waals surface area contributed by atoms with Crippen molar-refractivity contribution in [2.45, 2.75) is 111 Å². The highest BCUT2D eigenvalue weighted by Gasteiger charge is 2.47. The van der Waals surface area contributed by atoms with Crippen LogP contribution in [0.2, 0.25) is 0 Å². The van der Waals surface area contributed by atoms with Gasteiger partial charge in [-0.1, -0.05) is 92.0 Å². The number of cyclic esters (lactones) is 2. The van der Waals surface area contributed by atoms with E-state index < -0.39 is 34.5 Å². The van der Waals surface area contributed by atoms with Crippen molar-refractivity contribution in [2.75, 3.05) is 6.54 Å². The maximum atomic E-state index is 13.6. The molecule has 0 amide bonds. The third-order valence-corrected chi connectivity index (χ3v) is 7.99. The van der Waals surface area contributed by atoms with E-state index in [1.54, 1.807) is 13.8 Å². The number of phenols is 1. The van der Waals surface area contributed by atoms with Crippen molar-refractivity contribution in [2.24, 2.45) is 10.9 Å². The van der Waals surface area contributed by atoms with Gasteiger partial charge in [-0.3, -0.25) is 14.6 Å². The molecule has 0 saturated carbocycles. The predicted molar refractivity (Wildman–Crippen MR) is 179 cm³/mol. The number of amidine groups is 1. The predicted octanol–water partition coefficient (Wildman–Crippen LogP) is 8.10. The van der Waals surface area contributed by atoms with Gasteiger partial charge in [-0.25, -0.2) is 4.99 Å². The van der Waals surface area contributed by atoms with Crippen LogP contribution in [0.3, 0.4) is 0 Å². The topological polar surface area (TPSA) is 101 Å². The fourth-order valence-corrected chi connectivity index (χ4v) is 5.60. The molecule has 0 spiro atoms. The molecule has 242 valence electrons. The lowest BCUT2D eigenvalue weighted by Gasteiger charge is -2.36. The molecule has 4 rings (SSSR count). The number of ether oxygens (including phenoxy) is 2. The maximum absolute atomic E-state index is 13.6. The summed E-state index contributed by atoms with van der Waals surface area (Å²) >= 11 is 0. The van der Waals surface area contributed by atoms with Crippen molar-refractivity contribution in [3.8, 4) is 5.75 Å². The average molecular weight is 616 g/mol. The van der Waals surface area contributed by atoms with Gasteiger partial charge >= 0.3 is 11.9 Å². The zero-order chi connectivity index (χ0) is 33.2. The zero-order valence-corrected chi connectivity index (χ0v) is 28.4. The molecule has 1 aromatic heterocycles. The molecule has 2 heterocycles. The number of unbranched alkanes of at least 4 members (excludes halogenated alkanes) is 3. The number of phenolic OH excluding ortho intramolecular Hbond substituents is 1. The van der Waals surface area contributed by atoms with E-state index >= 15 is 0 Å². The van der Waals surface area contributed by atoms with E-state index in [2.05, 4.69) is 6.92 Å². The Morgan fingerprint density at radius 1 is 0.911 bits per heavy atom. The van der Waals surface area contributed by atoms with Gasteiger partial charge in [0, 0.05) is 36.9 Å². The first-order chi connectivity index (χ1) is 21.0. The van der Waals surface area contributed by atoms with Crippen LogP contribution in [0, 0.1) is 5.92 Å². The summed E-state index contributed by atoms with van der Waals surface area (Å²) in [6, 6.07) is 15.6. The van der Waals surface area contributed by atoms with Crippen LogP contribution in [-0.4, -0.2) is 45.1 Å². The minimum absolute atomic E-state index is 0.227. The summed E-state index contributed by atoms with van der Waals surface area (Å²) in [6.45, 7) is 18.3.